The first-order valence-electron chi connectivity index (χ1n) is 8.46. The van der Waals surface area contributed by atoms with E-state index >= 15 is 0 Å². The van der Waals surface area contributed by atoms with Crippen molar-refractivity contribution in [1.29, 1.82) is 0 Å². The third-order valence-corrected chi connectivity index (χ3v) is 3.96. The summed E-state index contributed by atoms with van der Waals surface area (Å²) < 4.78 is 5.81. The van der Waals surface area contributed by atoms with Crippen LogP contribution in [0.4, 0.5) is 0 Å². The highest BCUT2D eigenvalue weighted by molar-refractivity contribution is 5.85. The molecule has 0 bridgehead atoms. The topological polar surface area (TPSA) is 98.7 Å². The van der Waals surface area contributed by atoms with Gasteiger partial charge in [0, 0.05) is 20.5 Å². The molecule has 27 heavy (non-hydrogen) atoms. The van der Waals surface area contributed by atoms with Crippen LogP contribution >= 0.6 is 12.4 Å². The molecule has 7 heteroatoms. The molecule has 0 aromatic heterocycles. The number of benzene rings is 2. The molecule has 2 amide bonds. The number of nitrogens with two attached hydrogens (primary N) is 2. The summed E-state index contributed by atoms with van der Waals surface area (Å²) in [5.41, 5.74) is 13.1. The summed E-state index contributed by atoms with van der Waals surface area (Å²) in [6, 6.07) is 14.5. The van der Waals surface area contributed by atoms with Crippen molar-refractivity contribution in [3.05, 3.63) is 59.7 Å². The summed E-state index contributed by atoms with van der Waals surface area (Å²) in [4.78, 5) is 24.1. The second-order valence-corrected chi connectivity index (χ2v) is 6.40. The molecule has 0 aliphatic carbocycles. The summed E-state index contributed by atoms with van der Waals surface area (Å²) in [7, 11) is 3.39. The van der Waals surface area contributed by atoms with E-state index in [4.69, 9.17) is 16.2 Å². The lowest BCUT2D eigenvalue weighted by Gasteiger charge is -2.16. The summed E-state index contributed by atoms with van der Waals surface area (Å²) in [6.45, 7) is 0. The Morgan fingerprint density at radius 1 is 0.963 bits per heavy atom. The second kappa shape index (κ2) is 10.5. The van der Waals surface area contributed by atoms with Crippen molar-refractivity contribution in [2.75, 3.05) is 14.1 Å². The molecule has 0 spiro atoms. The van der Waals surface area contributed by atoms with Gasteiger partial charge in [0.1, 0.15) is 11.5 Å². The molecular weight excluding hydrogens is 366 g/mol. The molecule has 146 valence electrons. The number of aryl methyl sites for hydroxylation is 1. The minimum atomic E-state index is -0.551. The third-order valence-electron chi connectivity index (χ3n) is 3.96. The fraction of sp³-hybridized carbons (Fsp3) is 0.300. The molecule has 1 unspecified atom stereocenters. The first-order valence-corrected chi connectivity index (χ1v) is 8.46. The molecule has 0 aliphatic rings. The van der Waals surface area contributed by atoms with Gasteiger partial charge in [-0.05, 0) is 48.2 Å². The van der Waals surface area contributed by atoms with Gasteiger partial charge in [0.15, 0.2) is 0 Å². The zero-order valence-corrected chi connectivity index (χ0v) is 16.4. The first kappa shape index (κ1) is 22.5. The number of nitrogens with zero attached hydrogens (tertiary/aromatic N) is 1. The minimum Gasteiger partial charge on any atom is -0.457 e. The van der Waals surface area contributed by atoms with Crippen LogP contribution in [-0.4, -0.2) is 36.9 Å². The van der Waals surface area contributed by atoms with Crippen molar-refractivity contribution in [1.82, 2.24) is 4.90 Å². The highest BCUT2D eigenvalue weighted by Crippen LogP contribution is 2.22. The smallest absolute Gasteiger partial charge is 0.239 e. The number of rotatable bonds is 8. The van der Waals surface area contributed by atoms with Crippen molar-refractivity contribution < 1.29 is 14.3 Å². The number of carbonyl (C=O) groups is 2. The predicted molar refractivity (Wildman–Crippen MR) is 108 cm³/mol. The monoisotopic (exact) mass is 391 g/mol. The maximum absolute atomic E-state index is 11.8. The summed E-state index contributed by atoms with van der Waals surface area (Å²) in [5.74, 6) is 1.00. The fourth-order valence-electron chi connectivity index (χ4n) is 2.49. The average molecular weight is 392 g/mol. The van der Waals surface area contributed by atoms with Crippen LogP contribution in [-0.2, 0) is 22.4 Å². The predicted octanol–water partition coefficient (Wildman–Crippen LogP) is 2.28. The molecule has 0 fully saturated rings. The van der Waals surface area contributed by atoms with Crippen LogP contribution in [0.25, 0.3) is 0 Å². The van der Waals surface area contributed by atoms with Gasteiger partial charge in [0.2, 0.25) is 11.8 Å². The lowest BCUT2D eigenvalue weighted by molar-refractivity contribution is -0.130. The van der Waals surface area contributed by atoms with Gasteiger partial charge in [-0.15, -0.1) is 12.4 Å². The van der Waals surface area contributed by atoms with Gasteiger partial charge in [-0.1, -0.05) is 24.3 Å². The largest absolute Gasteiger partial charge is 0.457 e. The van der Waals surface area contributed by atoms with Crippen molar-refractivity contribution in [3.8, 4) is 11.5 Å². The first-order chi connectivity index (χ1) is 12.3. The summed E-state index contributed by atoms with van der Waals surface area (Å²) in [5, 5.41) is 0. The Bertz CT molecular complexity index is 746. The number of carbonyl (C=O) groups excluding carboxylic acids is 2. The van der Waals surface area contributed by atoms with Crippen LogP contribution in [0.3, 0.4) is 0 Å². The zero-order valence-electron chi connectivity index (χ0n) is 15.6. The van der Waals surface area contributed by atoms with E-state index in [1.165, 1.54) is 4.90 Å². The number of ether oxygens (including phenoxy) is 1. The van der Waals surface area contributed by atoms with E-state index in [-0.39, 0.29) is 24.2 Å². The number of likely N-dealkylation sites (N-methyl/N-ethyl adjacent to an activating group) is 1. The van der Waals surface area contributed by atoms with E-state index in [1.807, 2.05) is 48.5 Å². The summed E-state index contributed by atoms with van der Waals surface area (Å²) >= 11 is 0. The van der Waals surface area contributed by atoms with E-state index < -0.39 is 6.04 Å². The van der Waals surface area contributed by atoms with Crippen LogP contribution in [0.15, 0.2) is 48.5 Å². The molecule has 0 heterocycles. The van der Waals surface area contributed by atoms with Crippen molar-refractivity contribution >= 4 is 24.2 Å². The standard InChI is InChI=1S/C20H25N3O3.ClH/c1-23(2)20(25)18(21)13-15-5-10-17(11-6-15)26-16-8-3-14(4-9-16)7-12-19(22)24;/h3-6,8-11,18H,7,12-13,21H2,1-2H3,(H2,22,24);1H. The van der Waals surface area contributed by atoms with Gasteiger partial charge < -0.3 is 21.1 Å². The summed E-state index contributed by atoms with van der Waals surface area (Å²) in [6.07, 6.45) is 1.43. The average Bonchev–Trinajstić information content (AvgIpc) is 2.62. The molecule has 2 aromatic carbocycles. The number of halogens is 1. The maximum Gasteiger partial charge on any atom is 0.239 e. The van der Waals surface area contributed by atoms with Crippen molar-refractivity contribution in [2.45, 2.75) is 25.3 Å². The molecule has 2 rings (SSSR count). The lowest BCUT2D eigenvalue weighted by Crippen LogP contribution is -2.41. The Labute approximate surface area is 165 Å². The third kappa shape index (κ3) is 7.29. The van der Waals surface area contributed by atoms with E-state index in [2.05, 4.69) is 0 Å². The van der Waals surface area contributed by atoms with Gasteiger partial charge in [-0.3, -0.25) is 9.59 Å². The van der Waals surface area contributed by atoms with Crippen LogP contribution in [0.5, 0.6) is 11.5 Å². The van der Waals surface area contributed by atoms with Crippen molar-refractivity contribution in [2.24, 2.45) is 11.5 Å². The molecule has 0 saturated heterocycles. The van der Waals surface area contributed by atoms with E-state index in [9.17, 15) is 9.59 Å². The van der Waals surface area contributed by atoms with Gasteiger partial charge in [0.05, 0.1) is 6.04 Å². The molecule has 0 radical (unpaired) electrons. The zero-order chi connectivity index (χ0) is 19.1. The Morgan fingerprint density at radius 3 is 1.89 bits per heavy atom. The molecule has 4 N–H and O–H groups in total. The molecule has 0 aliphatic heterocycles. The SMILES string of the molecule is CN(C)C(=O)C(N)Cc1ccc(Oc2ccc(CCC(N)=O)cc2)cc1.Cl. The van der Waals surface area contributed by atoms with Crippen LogP contribution in [0.2, 0.25) is 0 Å². The van der Waals surface area contributed by atoms with Gasteiger partial charge in [-0.25, -0.2) is 0 Å². The Hall–Kier alpha value is -2.57. The maximum atomic E-state index is 11.8. The van der Waals surface area contributed by atoms with E-state index in [1.54, 1.807) is 14.1 Å². The van der Waals surface area contributed by atoms with Gasteiger partial charge in [-0.2, -0.15) is 0 Å². The van der Waals surface area contributed by atoms with Crippen LogP contribution in [0.1, 0.15) is 17.5 Å². The molecular formula is C20H26ClN3O3. The van der Waals surface area contributed by atoms with Gasteiger partial charge in [0.25, 0.3) is 0 Å². The highest BCUT2D eigenvalue weighted by Gasteiger charge is 2.15. The molecule has 2 aromatic rings. The lowest BCUT2D eigenvalue weighted by atomic mass is 10.1. The number of amides is 2. The quantitative estimate of drug-likeness (QED) is 0.721. The number of hydrogen-bond acceptors (Lipinski definition) is 4. The Balaban J connectivity index is 0.00000364. The Morgan fingerprint density at radius 2 is 1.44 bits per heavy atom. The molecule has 0 saturated carbocycles. The minimum absolute atomic E-state index is 0. The normalized spacial score (nSPS) is 11.2. The van der Waals surface area contributed by atoms with Crippen LogP contribution in [0, 0.1) is 0 Å². The molecule has 6 nitrogen and oxygen atoms in total. The second-order valence-electron chi connectivity index (χ2n) is 6.40. The van der Waals surface area contributed by atoms with Crippen LogP contribution < -0.4 is 16.2 Å². The van der Waals surface area contributed by atoms with E-state index in [0.717, 1.165) is 11.1 Å². The van der Waals surface area contributed by atoms with Crippen molar-refractivity contribution in [3.63, 3.8) is 0 Å². The fourth-order valence-corrected chi connectivity index (χ4v) is 2.49. The molecule has 1 atom stereocenters. The number of primary amides is 1. The van der Waals surface area contributed by atoms with E-state index in [0.29, 0.717) is 30.8 Å². The Kier molecular flexibility index (Phi) is 8.78. The highest BCUT2D eigenvalue weighted by atomic mass is 35.5. The number of hydrogen-bond donors (Lipinski definition) is 2. The van der Waals surface area contributed by atoms with Gasteiger partial charge >= 0.3 is 0 Å².